The lowest BCUT2D eigenvalue weighted by atomic mass is 9.81. The summed E-state index contributed by atoms with van der Waals surface area (Å²) in [7, 11) is 2.24. The predicted molar refractivity (Wildman–Crippen MR) is 339 cm³/mol. The second-order valence-electron chi connectivity index (χ2n) is 26.2. The van der Waals surface area contributed by atoms with Gasteiger partial charge in [0.25, 0.3) is 17.7 Å². The Bertz CT molecular complexity index is 3980. The molecule has 0 radical (unpaired) electrons. The van der Waals surface area contributed by atoms with Crippen LogP contribution in [0.5, 0.6) is 0 Å². The number of rotatable bonds is 7. The van der Waals surface area contributed by atoms with Crippen LogP contribution in [0.1, 0.15) is 140 Å². The fourth-order valence-corrected chi connectivity index (χ4v) is 16.9. The monoisotopic (exact) mass is 1350 g/mol. The number of nitrogens with one attached hydrogen (secondary N) is 1. The smallest absolute Gasteiger partial charge is 0.338 e. The molecule has 3 spiro atoms. The third-order valence-corrected chi connectivity index (χ3v) is 22.6. The first-order valence-electron chi connectivity index (χ1n) is 31.7. The first kappa shape index (κ1) is 68.5. The number of alkyl halides is 9. The number of hydrogen-bond acceptors (Lipinski definition) is 8. The van der Waals surface area contributed by atoms with Gasteiger partial charge in [0.2, 0.25) is 10.0 Å². The highest BCUT2D eigenvalue weighted by Crippen LogP contribution is 2.48. The van der Waals surface area contributed by atoms with Crippen molar-refractivity contribution in [3.63, 3.8) is 0 Å². The Labute approximate surface area is 546 Å². The zero-order chi connectivity index (χ0) is 67.8. The van der Waals surface area contributed by atoms with Crippen LogP contribution in [0.15, 0.2) is 109 Å². The molecule has 6 aliphatic heterocycles. The van der Waals surface area contributed by atoms with Crippen molar-refractivity contribution in [2.75, 3.05) is 80.0 Å². The number of fused-ring (bicyclic) bond motifs is 6. The number of likely N-dealkylation sites (tertiary alicyclic amines) is 3. The van der Waals surface area contributed by atoms with Crippen LogP contribution in [0.2, 0.25) is 5.02 Å². The summed E-state index contributed by atoms with van der Waals surface area (Å²) >= 11 is 5.88. The molecule has 9 heterocycles. The largest absolute Gasteiger partial charge is 0.431 e. The number of piperidine rings is 3. The standard InChI is InChI=1S/C24H29F3N4O3S.C24H28F3N3O.C20H21ClF3N3O/c1-16-15-17(3-6-19(16)35(33,34)28-18-4-5-18)22(32)30-11-9-23(10-12-30)20-7-8-21(24(25,26)27)31(20)14-13-29(23)2;1-16(2)19-6-5-18(15-17(19)3)22(31)29-11-9-23(10-12-29)20-7-8-21(24(25,26)27)30(20)14-13-28(23)4;1-25-12-13-27-16(6-7-17(27)20(22,23)24)19(25)8-10-26(11-9-19)18(28)14-2-4-15(21)5-3-14/h3,6-8,15,18,28H,4-5,9-14H2,1-2H3;5-8,15H,1,9-14H2,2-4H3;2-7H,8-13H2,1H3. The summed E-state index contributed by atoms with van der Waals surface area (Å²) in [6, 6.07) is 25.3. The second-order valence-corrected chi connectivity index (χ2v) is 28.3. The van der Waals surface area contributed by atoms with Gasteiger partial charge in [-0.1, -0.05) is 29.8 Å². The van der Waals surface area contributed by atoms with Crippen molar-refractivity contribution in [1.29, 1.82) is 0 Å². The molecule has 94 heavy (non-hydrogen) atoms. The van der Waals surface area contributed by atoms with Crippen molar-refractivity contribution in [2.24, 2.45) is 0 Å². The fraction of sp³-hybridized carbons (Fsp3) is 0.485. The molecule has 506 valence electrons. The Morgan fingerprint density at radius 1 is 0.479 bits per heavy atom. The van der Waals surface area contributed by atoms with Crippen molar-refractivity contribution in [2.45, 2.75) is 138 Å². The van der Waals surface area contributed by atoms with Gasteiger partial charge in [0, 0.05) is 123 Å². The van der Waals surface area contributed by atoms with Crippen molar-refractivity contribution in [3.05, 3.63) is 176 Å². The van der Waals surface area contributed by atoms with E-state index in [2.05, 4.69) is 26.0 Å². The fourth-order valence-electron chi connectivity index (χ4n) is 15.2. The molecule has 4 fully saturated rings. The molecule has 13 rings (SSSR count). The molecular weight excluding hydrogens is 1280 g/mol. The average Bonchev–Trinajstić information content (AvgIpc) is 1.52. The average molecular weight is 1350 g/mol. The number of amides is 3. The highest BCUT2D eigenvalue weighted by Gasteiger charge is 2.51. The number of carbonyl (C=O) groups excluding carboxylic acids is 3. The molecule has 0 unspecified atom stereocenters. The topological polar surface area (TPSA) is 132 Å². The minimum Gasteiger partial charge on any atom is -0.338 e. The van der Waals surface area contributed by atoms with E-state index in [0.29, 0.717) is 155 Å². The number of carbonyl (C=O) groups is 3. The minimum absolute atomic E-state index is 0.00684. The Kier molecular flexibility index (Phi) is 18.6. The van der Waals surface area contributed by atoms with Crippen LogP contribution >= 0.6 is 11.6 Å². The Hall–Kier alpha value is -6.90. The van der Waals surface area contributed by atoms with Crippen LogP contribution in [-0.4, -0.2) is 155 Å². The van der Waals surface area contributed by atoms with Crippen molar-refractivity contribution < 1.29 is 62.3 Å². The van der Waals surface area contributed by atoms with E-state index >= 15 is 0 Å². The van der Waals surface area contributed by atoms with E-state index in [4.69, 9.17) is 11.6 Å². The van der Waals surface area contributed by atoms with E-state index in [-0.39, 0.29) is 35.2 Å². The second kappa shape index (κ2) is 25.6. The van der Waals surface area contributed by atoms with Gasteiger partial charge in [0.15, 0.2) is 0 Å². The maximum absolute atomic E-state index is 13.5. The van der Waals surface area contributed by atoms with E-state index in [0.717, 1.165) is 35.6 Å². The summed E-state index contributed by atoms with van der Waals surface area (Å²) in [5, 5.41) is 0.569. The maximum atomic E-state index is 13.5. The van der Waals surface area contributed by atoms with Gasteiger partial charge in [0.05, 0.1) is 21.5 Å². The van der Waals surface area contributed by atoms with Crippen LogP contribution in [0.25, 0.3) is 5.57 Å². The molecule has 0 bridgehead atoms. The molecule has 0 atom stereocenters. The number of likely N-dealkylation sites (N-methyl/N-ethyl adjacent to an activating group) is 3. The van der Waals surface area contributed by atoms with Gasteiger partial charge in [0.1, 0.15) is 17.1 Å². The molecular formula is C68H78ClF9N10O5S. The van der Waals surface area contributed by atoms with Crippen LogP contribution in [0.4, 0.5) is 39.5 Å². The van der Waals surface area contributed by atoms with Gasteiger partial charge in [-0.25, -0.2) is 13.1 Å². The molecule has 15 nitrogen and oxygen atoms in total. The van der Waals surface area contributed by atoms with E-state index in [1.54, 1.807) is 65.3 Å². The number of sulfonamides is 1. The SMILES string of the molecule is C=C(C)c1ccc(C(=O)N2CCC3(CC2)c2ccc(C(F)(F)F)n2CCN3C)cc1C.CN1CCn2c(C(F)(F)F)ccc2C12CCN(C(=O)c1ccc(Cl)cc1)CC2.Cc1cc(C(=O)N2CCC3(CC2)c2ccc(C(F)(F)F)n2CCN3C)ccc1S(=O)(=O)NC1CC1. The normalized spacial score (nSPS) is 19.8. The predicted octanol–water partition coefficient (Wildman–Crippen LogP) is 12.5. The van der Waals surface area contributed by atoms with Gasteiger partial charge >= 0.3 is 18.5 Å². The first-order chi connectivity index (χ1) is 44.2. The van der Waals surface area contributed by atoms with Crippen LogP contribution < -0.4 is 4.72 Å². The number of hydrogen-bond donors (Lipinski definition) is 1. The molecule has 3 amide bonds. The van der Waals surface area contributed by atoms with Crippen LogP contribution in [0, 0.1) is 13.8 Å². The zero-order valence-corrected chi connectivity index (χ0v) is 55.0. The lowest BCUT2D eigenvalue weighted by Gasteiger charge is -2.50. The third-order valence-electron chi connectivity index (χ3n) is 20.7. The molecule has 3 aromatic carbocycles. The van der Waals surface area contributed by atoms with Gasteiger partial charge in [-0.2, -0.15) is 39.5 Å². The molecule has 1 aliphatic carbocycles. The molecule has 26 heteroatoms. The summed E-state index contributed by atoms with van der Waals surface area (Å²) < 4.78 is 153. The number of benzene rings is 3. The maximum Gasteiger partial charge on any atom is 0.431 e. The van der Waals surface area contributed by atoms with Crippen molar-refractivity contribution in [1.82, 2.24) is 47.8 Å². The third kappa shape index (κ3) is 13.0. The molecule has 3 aromatic heterocycles. The highest BCUT2D eigenvalue weighted by molar-refractivity contribution is 7.89. The van der Waals surface area contributed by atoms with Gasteiger partial charge < -0.3 is 28.4 Å². The summed E-state index contributed by atoms with van der Waals surface area (Å²) in [6.45, 7) is 14.9. The van der Waals surface area contributed by atoms with Gasteiger partial charge in [-0.05, 0) is 201 Å². The van der Waals surface area contributed by atoms with E-state index < -0.39 is 62.3 Å². The number of nitrogens with zero attached hydrogens (tertiary/aromatic N) is 9. The molecule has 1 N–H and O–H groups in total. The Morgan fingerprint density at radius 3 is 1.13 bits per heavy atom. The summed E-state index contributed by atoms with van der Waals surface area (Å²) in [4.78, 5) is 51.0. The van der Waals surface area contributed by atoms with E-state index in [1.165, 1.54) is 38.0 Å². The molecule has 3 saturated heterocycles. The van der Waals surface area contributed by atoms with Crippen LogP contribution in [-0.2, 0) is 64.8 Å². The van der Waals surface area contributed by atoms with Crippen molar-refractivity contribution >= 4 is 44.9 Å². The first-order valence-corrected chi connectivity index (χ1v) is 33.5. The lowest BCUT2D eigenvalue weighted by molar-refractivity contribution is -0.145. The Balaban J connectivity index is 0.000000145. The molecule has 7 aliphatic rings. The Morgan fingerprint density at radius 2 is 0.809 bits per heavy atom. The highest BCUT2D eigenvalue weighted by atomic mass is 35.5. The lowest BCUT2D eigenvalue weighted by Crippen LogP contribution is -2.56. The summed E-state index contributed by atoms with van der Waals surface area (Å²) in [6.07, 6.45) is -7.99. The quantitative estimate of drug-likeness (QED) is 0.156. The number of halogens is 10. The van der Waals surface area contributed by atoms with Crippen LogP contribution in [0.3, 0.4) is 0 Å². The number of allylic oxidation sites excluding steroid dienone is 1. The molecule has 6 aromatic rings. The van der Waals surface area contributed by atoms with Gasteiger partial charge in [-0.3, -0.25) is 29.1 Å². The van der Waals surface area contributed by atoms with Crippen molar-refractivity contribution in [3.8, 4) is 0 Å². The zero-order valence-electron chi connectivity index (χ0n) is 53.4. The molecule has 1 saturated carbocycles. The summed E-state index contributed by atoms with van der Waals surface area (Å²) in [5.41, 5.74) is 3.89. The summed E-state index contributed by atoms with van der Waals surface area (Å²) in [5.74, 6) is -0.306. The van der Waals surface area contributed by atoms with E-state index in [1.807, 2.05) is 58.1 Å². The minimum atomic E-state index is -4.41. The number of aromatic nitrogens is 3. The van der Waals surface area contributed by atoms with E-state index in [9.17, 15) is 62.3 Å². The number of aryl methyl sites for hydroxylation is 2. The van der Waals surface area contributed by atoms with Gasteiger partial charge in [-0.15, -0.1) is 0 Å².